The summed E-state index contributed by atoms with van der Waals surface area (Å²) in [6.45, 7) is 0. The van der Waals surface area contributed by atoms with E-state index >= 15 is 0 Å². The van der Waals surface area contributed by atoms with Gasteiger partial charge in [-0.25, -0.2) is 0 Å². The third kappa shape index (κ3) is 4.76. The molecule has 0 saturated heterocycles. The van der Waals surface area contributed by atoms with Crippen LogP contribution >= 0.6 is 0 Å². The lowest BCUT2D eigenvalue weighted by molar-refractivity contribution is 1.33. The summed E-state index contributed by atoms with van der Waals surface area (Å²) in [5.41, 5.74) is 11.9. The number of benzene rings is 8. The predicted octanol–water partition coefficient (Wildman–Crippen LogP) is 12.9. The van der Waals surface area contributed by atoms with E-state index in [2.05, 4.69) is 181 Å². The van der Waals surface area contributed by atoms with Gasteiger partial charge in [0.25, 0.3) is 0 Å². The van der Waals surface area contributed by atoms with E-state index in [1.165, 1.54) is 71.3 Å². The zero-order valence-corrected chi connectivity index (χ0v) is 26.3. The van der Waals surface area contributed by atoms with Crippen LogP contribution in [-0.2, 0) is 0 Å². The number of rotatable bonds is 5. The Hall–Kier alpha value is -6.31. The Labute approximate surface area is 280 Å². The van der Waals surface area contributed by atoms with Gasteiger partial charge in [0.1, 0.15) is 0 Å². The molecule has 224 valence electrons. The summed E-state index contributed by atoms with van der Waals surface area (Å²) in [5, 5.41) is 7.53. The highest BCUT2D eigenvalue weighted by Crippen LogP contribution is 2.46. The van der Waals surface area contributed by atoms with Gasteiger partial charge in [0.05, 0.1) is 5.69 Å². The number of nitrogens with zero attached hydrogens (tertiary/aromatic N) is 1. The van der Waals surface area contributed by atoms with Crippen molar-refractivity contribution in [1.82, 2.24) is 4.98 Å². The quantitative estimate of drug-likeness (QED) is 0.177. The molecule has 0 atom stereocenters. The molecule has 0 N–H and O–H groups in total. The van der Waals surface area contributed by atoms with Crippen molar-refractivity contribution in [2.24, 2.45) is 0 Å². The van der Waals surface area contributed by atoms with Gasteiger partial charge in [0.15, 0.2) is 0 Å². The van der Waals surface area contributed by atoms with Gasteiger partial charge in [0, 0.05) is 11.8 Å². The molecule has 0 aliphatic rings. The topological polar surface area (TPSA) is 12.9 Å². The van der Waals surface area contributed by atoms with Crippen LogP contribution < -0.4 is 0 Å². The highest BCUT2D eigenvalue weighted by Gasteiger charge is 2.19. The standard InChI is InChI=1S/C47H31N/c1-3-14-32(15-4-1)37-26-27-44(39-21-8-7-20-38(37)39)47-42-24-11-9-22-40(42)46(41-23-10-12-25-43(41)47)36-19-13-18-34(30-36)35-28-29-48-45(31-35)33-16-5-2-6-17-33/h1-31H. The Morgan fingerprint density at radius 3 is 1.38 bits per heavy atom. The normalized spacial score (nSPS) is 11.3. The summed E-state index contributed by atoms with van der Waals surface area (Å²) < 4.78 is 0. The lowest BCUT2D eigenvalue weighted by atomic mass is 9.83. The molecule has 1 aromatic heterocycles. The Morgan fingerprint density at radius 1 is 0.271 bits per heavy atom. The van der Waals surface area contributed by atoms with E-state index < -0.39 is 0 Å². The Balaban J connectivity index is 1.27. The van der Waals surface area contributed by atoms with Crippen LogP contribution in [0.3, 0.4) is 0 Å². The molecule has 1 heteroatoms. The van der Waals surface area contributed by atoms with Crippen LogP contribution in [0.4, 0.5) is 0 Å². The molecule has 0 saturated carbocycles. The number of hydrogen-bond acceptors (Lipinski definition) is 1. The average Bonchev–Trinajstić information content (AvgIpc) is 3.17. The van der Waals surface area contributed by atoms with Crippen molar-refractivity contribution >= 4 is 32.3 Å². The van der Waals surface area contributed by atoms with Crippen LogP contribution in [0.15, 0.2) is 188 Å². The maximum atomic E-state index is 4.68. The van der Waals surface area contributed by atoms with Crippen molar-refractivity contribution in [2.75, 3.05) is 0 Å². The van der Waals surface area contributed by atoms with Crippen LogP contribution in [-0.4, -0.2) is 4.98 Å². The molecule has 0 aliphatic carbocycles. The number of hydrogen-bond donors (Lipinski definition) is 0. The van der Waals surface area contributed by atoms with Crippen LogP contribution in [0, 0.1) is 0 Å². The molecule has 0 fully saturated rings. The first kappa shape index (κ1) is 28.0. The zero-order valence-electron chi connectivity index (χ0n) is 26.3. The SMILES string of the molecule is c1ccc(-c2cc(-c3cccc(-c4c5ccccc5c(-c5ccc(-c6ccccc6)c6ccccc56)c5ccccc45)c3)ccn2)cc1. The fourth-order valence-electron chi connectivity index (χ4n) is 7.35. The molecule has 9 aromatic rings. The number of aromatic nitrogens is 1. The van der Waals surface area contributed by atoms with Crippen LogP contribution in [0.1, 0.15) is 0 Å². The first-order valence-electron chi connectivity index (χ1n) is 16.5. The zero-order chi connectivity index (χ0) is 31.9. The van der Waals surface area contributed by atoms with Crippen molar-refractivity contribution in [1.29, 1.82) is 0 Å². The highest BCUT2D eigenvalue weighted by atomic mass is 14.7. The number of pyridine rings is 1. The van der Waals surface area contributed by atoms with E-state index in [9.17, 15) is 0 Å². The second-order valence-electron chi connectivity index (χ2n) is 12.3. The van der Waals surface area contributed by atoms with E-state index in [-0.39, 0.29) is 0 Å². The first-order chi connectivity index (χ1) is 23.8. The monoisotopic (exact) mass is 609 g/mol. The van der Waals surface area contributed by atoms with Gasteiger partial charge in [0.2, 0.25) is 0 Å². The summed E-state index contributed by atoms with van der Waals surface area (Å²) in [4.78, 5) is 4.68. The third-order valence-corrected chi connectivity index (χ3v) is 9.52. The molecule has 9 rings (SSSR count). The minimum atomic E-state index is 0.976. The predicted molar refractivity (Wildman–Crippen MR) is 204 cm³/mol. The smallest absolute Gasteiger partial charge is 0.0708 e. The Kier molecular flexibility index (Phi) is 6.87. The van der Waals surface area contributed by atoms with Crippen molar-refractivity contribution < 1.29 is 0 Å². The van der Waals surface area contributed by atoms with Crippen LogP contribution in [0.5, 0.6) is 0 Å². The molecule has 1 nitrogen and oxygen atoms in total. The molecule has 0 bridgehead atoms. The van der Waals surface area contributed by atoms with Gasteiger partial charge in [-0.1, -0.05) is 164 Å². The van der Waals surface area contributed by atoms with Gasteiger partial charge < -0.3 is 0 Å². The van der Waals surface area contributed by atoms with Gasteiger partial charge in [-0.05, 0) is 95.0 Å². The van der Waals surface area contributed by atoms with Crippen molar-refractivity contribution in [3.8, 4) is 55.8 Å². The fraction of sp³-hybridized carbons (Fsp3) is 0. The molecule has 48 heavy (non-hydrogen) atoms. The fourth-order valence-corrected chi connectivity index (χ4v) is 7.35. The maximum absolute atomic E-state index is 4.68. The van der Waals surface area contributed by atoms with Crippen molar-refractivity contribution in [2.45, 2.75) is 0 Å². The summed E-state index contributed by atoms with van der Waals surface area (Å²) in [5.74, 6) is 0. The largest absolute Gasteiger partial charge is 0.256 e. The molecule has 0 unspecified atom stereocenters. The molecular weight excluding hydrogens is 579 g/mol. The molecule has 0 spiro atoms. The lowest BCUT2D eigenvalue weighted by Gasteiger charge is -2.20. The summed E-state index contributed by atoms with van der Waals surface area (Å²) >= 11 is 0. The van der Waals surface area contributed by atoms with Gasteiger partial charge >= 0.3 is 0 Å². The molecule has 0 aliphatic heterocycles. The summed E-state index contributed by atoms with van der Waals surface area (Å²) in [7, 11) is 0. The first-order valence-corrected chi connectivity index (χ1v) is 16.5. The minimum Gasteiger partial charge on any atom is -0.256 e. The van der Waals surface area contributed by atoms with E-state index in [1.807, 2.05) is 12.3 Å². The second-order valence-corrected chi connectivity index (χ2v) is 12.3. The summed E-state index contributed by atoms with van der Waals surface area (Å²) in [6.07, 6.45) is 1.91. The van der Waals surface area contributed by atoms with E-state index in [1.54, 1.807) is 0 Å². The Morgan fingerprint density at radius 2 is 0.729 bits per heavy atom. The van der Waals surface area contributed by atoms with Crippen molar-refractivity contribution in [3.05, 3.63) is 188 Å². The highest BCUT2D eigenvalue weighted by molar-refractivity contribution is 6.24. The molecule has 8 aromatic carbocycles. The molecule has 0 amide bonds. The molecule has 0 radical (unpaired) electrons. The molecular formula is C47H31N. The van der Waals surface area contributed by atoms with Gasteiger partial charge in [-0.2, -0.15) is 0 Å². The third-order valence-electron chi connectivity index (χ3n) is 9.52. The minimum absolute atomic E-state index is 0.976. The van der Waals surface area contributed by atoms with Crippen LogP contribution in [0.2, 0.25) is 0 Å². The Bertz CT molecular complexity index is 2540. The molecule has 1 heterocycles. The van der Waals surface area contributed by atoms with E-state index in [4.69, 9.17) is 0 Å². The van der Waals surface area contributed by atoms with Gasteiger partial charge in [-0.15, -0.1) is 0 Å². The average molecular weight is 610 g/mol. The number of fused-ring (bicyclic) bond motifs is 3. The maximum Gasteiger partial charge on any atom is 0.0708 e. The van der Waals surface area contributed by atoms with Crippen molar-refractivity contribution in [3.63, 3.8) is 0 Å². The summed E-state index contributed by atoms with van der Waals surface area (Å²) in [6, 6.07) is 65.6. The van der Waals surface area contributed by atoms with E-state index in [0.29, 0.717) is 0 Å². The van der Waals surface area contributed by atoms with Crippen LogP contribution in [0.25, 0.3) is 88.1 Å². The van der Waals surface area contributed by atoms with E-state index in [0.717, 1.165) is 16.8 Å². The second kappa shape index (κ2) is 11.8. The van der Waals surface area contributed by atoms with Gasteiger partial charge in [-0.3, -0.25) is 4.98 Å². The lowest BCUT2D eigenvalue weighted by Crippen LogP contribution is -1.93.